The zero-order valence-electron chi connectivity index (χ0n) is 11.9. The highest BCUT2D eigenvalue weighted by molar-refractivity contribution is 7.14. The number of Topliss-reactive ketones (excluding diaryl/α,β-unsaturated/α-hetero) is 1. The fourth-order valence-corrected chi connectivity index (χ4v) is 4.98. The number of hydrogen-bond acceptors (Lipinski definition) is 2. The summed E-state index contributed by atoms with van der Waals surface area (Å²) in [7, 11) is 0. The van der Waals surface area contributed by atoms with Gasteiger partial charge in [0, 0.05) is 10.8 Å². The van der Waals surface area contributed by atoms with Crippen molar-refractivity contribution in [1.82, 2.24) is 0 Å². The molecule has 1 aromatic rings. The highest BCUT2D eigenvalue weighted by Gasteiger charge is 2.35. The lowest BCUT2D eigenvalue weighted by molar-refractivity contribution is 0.0767. The van der Waals surface area contributed by atoms with Crippen LogP contribution in [-0.4, -0.2) is 5.78 Å². The van der Waals surface area contributed by atoms with E-state index >= 15 is 0 Å². The highest BCUT2D eigenvalue weighted by atomic mass is 32.1. The molecule has 2 aliphatic rings. The minimum absolute atomic E-state index is 0.322. The van der Waals surface area contributed by atoms with Crippen LogP contribution in [0.1, 0.15) is 66.4 Å². The van der Waals surface area contributed by atoms with Crippen LogP contribution in [0.3, 0.4) is 0 Å². The standard InChI is InChI=1S/C17H24OS/c1-2-15-9-10-16(19-15)17(18)14-8-7-12-5-3-4-6-13(12)11-14/h9-10,12-14H,2-8,11H2,1H3. The predicted octanol–water partition coefficient (Wildman–Crippen LogP) is 5.10. The van der Waals surface area contributed by atoms with Gasteiger partial charge in [-0.2, -0.15) is 0 Å². The second-order valence-electron chi connectivity index (χ2n) is 6.30. The third-order valence-corrected chi connectivity index (χ3v) is 6.41. The Bertz CT molecular complexity index is 448. The van der Waals surface area contributed by atoms with Gasteiger partial charge in [0.2, 0.25) is 0 Å². The molecule has 0 amide bonds. The van der Waals surface area contributed by atoms with Gasteiger partial charge in [0.05, 0.1) is 4.88 Å². The summed E-state index contributed by atoms with van der Waals surface area (Å²) in [5.74, 6) is 2.55. The largest absolute Gasteiger partial charge is 0.293 e. The number of carbonyl (C=O) groups is 1. The third kappa shape index (κ3) is 2.79. The summed E-state index contributed by atoms with van der Waals surface area (Å²) >= 11 is 1.71. The van der Waals surface area contributed by atoms with E-state index in [1.165, 1.54) is 43.4 Å². The van der Waals surface area contributed by atoms with Gasteiger partial charge in [-0.1, -0.05) is 32.6 Å². The molecule has 3 atom stereocenters. The fraction of sp³-hybridized carbons (Fsp3) is 0.706. The Hall–Kier alpha value is -0.630. The van der Waals surface area contributed by atoms with Crippen molar-refractivity contribution >= 4 is 17.1 Å². The first kappa shape index (κ1) is 13.4. The van der Waals surface area contributed by atoms with Crippen LogP contribution in [0.5, 0.6) is 0 Å². The number of rotatable bonds is 3. The molecule has 1 heterocycles. The Morgan fingerprint density at radius 2 is 1.95 bits per heavy atom. The molecular weight excluding hydrogens is 252 g/mol. The second-order valence-corrected chi connectivity index (χ2v) is 7.47. The maximum atomic E-state index is 12.6. The van der Waals surface area contributed by atoms with Crippen molar-refractivity contribution in [2.24, 2.45) is 17.8 Å². The molecule has 1 nitrogen and oxygen atoms in total. The van der Waals surface area contributed by atoms with Crippen LogP contribution >= 0.6 is 11.3 Å². The number of hydrogen-bond donors (Lipinski definition) is 0. The van der Waals surface area contributed by atoms with Crippen LogP contribution < -0.4 is 0 Å². The topological polar surface area (TPSA) is 17.1 Å². The van der Waals surface area contributed by atoms with E-state index in [2.05, 4.69) is 19.1 Å². The number of thiophene rings is 1. The molecule has 0 bridgehead atoms. The molecule has 3 rings (SSSR count). The van der Waals surface area contributed by atoms with Gasteiger partial charge in [0.25, 0.3) is 0 Å². The van der Waals surface area contributed by atoms with Crippen LogP contribution in [0, 0.1) is 17.8 Å². The molecule has 0 radical (unpaired) electrons. The van der Waals surface area contributed by atoms with Gasteiger partial charge in [-0.15, -0.1) is 11.3 Å². The van der Waals surface area contributed by atoms with Gasteiger partial charge in [0.15, 0.2) is 5.78 Å². The van der Waals surface area contributed by atoms with E-state index < -0.39 is 0 Å². The maximum absolute atomic E-state index is 12.6. The summed E-state index contributed by atoms with van der Waals surface area (Å²) in [6.07, 6.45) is 10.3. The fourth-order valence-electron chi connectivity index (χ4n) is 4.01. The van der Waals surface area contributed by atoms with E-state index in [1.807, 2.05) is 0 Å². The van der Waals surface area contributed by atoms with Crippen LogP contribution in [-0.2, 0) is 6.42 Å². The van der Waals surface area contributed by atoms with Gasteiger partial charge in [0.1, 0.15) is 0 Å². The summed E-state index contributed by atoms with van der Waals surface area (Å²) in [4.78, 5) is 15.0. The van der Waals surface area contributed by atoms with E-state index in [4.69, 9.17) is 0 Å². The zero-order valence-corrected chi connectivity index (χ0v) is 12.7. The number of carbonyl (C=O) groups excluding carboxylic acids is 1. The molecule has 2 heteroatoms. The number of ketones is 1. The van der Waals surface area contributed by atoms with Crippen molar-refractivity contribution in [1.29, 1.82) is 0 Å². The summed E-state index contributed by atoms with van der Waals surface area (Å²) in [6, 6.07) is 4.18. The molecule has 2 aliphatic carbocycles. The smallest absolute Gasteiger partial charge is 0.175 e. The first-order valence-electron chi connectivity index (χ1n) is 7.91. The first-order valence-corrected chi connectivity index (χ1v) is 8.72. The first-order chi connectivity index (χ1) is 9.28. The Labute approximate surface area is 120 Å². The van der Waals surface area contributed by atoms with Crippen LogP contribution in [0.15, 0.2) is 12.1 Å². The van der Waals surface area contributed by atoms with E-state index in [9.17, 15) is 4.79 Å². The minimum Gasteiger partial charge on any atom is -0.293 e. The average Bonchev–Trinajstić information content (AvgIpc) is 2.95. The summed E-state index contributed by atoms with van der Waals surface area (Å²) in [6.45, 7) is 2.16. The van der Waals surface area contributed by atoms with Crippen molar-refractivity contribution in [3.05, 3.63) is 21.9 Å². The summed E-state index contributed by atoms with van der Waals surface area (Å²) < 4.78 is 0. The van der Waals surface area contributed by atoms with Gasteiger partial charge in [-0.3, -0.25) is 4.79 Å². The minimum atomic E-state index is 0.322. The van der Waals surface area contributed by atoms with E-state index in [0.717, 1.165) is 29.6 Å². The summed E-state index contributed by atoms with van der Waals surface area (Å²) in [5.41, 5.74) is 0. The monoisotopic (exact) mass is 276 g/mol. The molecule has 104 valence electrons. The quantitative estimate of drug-likeness (QED) is 0.702. The van der Waals surface area contributed by atoms with Crippen molar-refractivity contribution in [2.75, 3.05) is 0 Å². The molecule has 0 saturated heterocycles. The molecular formula is C17H24OS. The van der Waals surface area contributed by atoms with E-state index in [-0.39, 0.29) is 0 Å². The average molecular weight is 276 g/mol. The molecule has 19 heavy (non-hydrogen) atoms. The van der Waals surface area contributed by atoms with Gasteiger partial charge in [-0.05, 0) is 49.7 Å². The zero-order chi connectivity index (χ0) is 13.2. The second kappa shape index (κ2) is 5.78. The Kier molecular flexibility index (Phi) is 4.07. The van der Waals surface area contributed by atoms with Crippen molar-refractivity contribution in [3.63, 3.8) is 0 Å². The van der Waals surface area contributed by atoms with Crippen LogP contribution in [0.25, 0.3) is 0 Å². The van der Waals surface area contributed by atoms with Gasteiger partial charge in [-0.25, -0.2) is 0 Å². The molecule has 0 spiro atoms. The lowest BCUT2D eigenvalue weighted by Crippen LogP contribution is -2.31. The molecule has 0 aromatic carbocycles. The van der Waals surface area contributed by atoms with Crippen LogP contribution in [0.4, 0.5) is 0 Å². The number of fused-ring (bicyclic) bond motifs is 1. The van der Waals surface area contributed by atoms with E-state index in [1.54, 1.807) is 11.3 Å². The van der Waals surface area contributed by atoms with Gasteiger partial charge < -0.3 is 0 Å². The molecule has 2 fully saturated rings. The van der Waals surface area contributed by atoms with Gasteiger partial charge >= 0.3 is 0 Å². The predicted molar refractivity (Wildman–Crippen MR) is 80.8 cm³/mol. The SMILES string of the molecule is CCc1ccc(C(=O)C2CCC3CCCCC3C2)s1. The number of aryl methyl sites for hydroxylation is 1. The molecule has 3 unspecified atom stereocenters. The Morgan fingerprint density at radius 3 is 2.68 bits per heavy atom. The van der Waals surface area contributed by atoms with Crippen LogP contribution in [0.2, 0.25) is 0 Å². The Balaban J connectivity index is 1.67. The third-order valence-electron chi connectivity index (χ3n) is 5.16. The normalized spacial score (nSPS) is 30.9. The van der Waals surface area contributed by atoms with E-state index in [0.29, 0.717) is 11.7 Å². The van der Waals surface area contributed by atoms with Crippen molar-refractivity contribution in [2.45, 2.75) is 58.3 Å². The van der Waals surface area contributed by atoms with Crippen molar-refractivity contribution in [3.8, 4) is 0 Å². The molecule has 1 aromatic heterocycles. The maximum Gasteiger partial charge on any atom is 0.175 e. The lowest BCUT2D eigenvalue weighted by atomic mass is 9.66. The molecule has 0 N–H and O–H groups in total. The molecule has 0 aliphatic heterocycles. The summed E-state index contributed by atoms with van der Waals surface area (Å²) in [5, 5.41) is 0. The van der Waals surface area contributed by atoms with Crippen molar-refractivity contribution < 1.29 is 4.79 Å². The molecule has 2 saturated carbocycles. The highest BCUT2D eigenvalue weighted by Crippen LogP contribution is 2.43. The Morgan fingerprint density at radius 1 is 1.16 bits per heavy atom. The lowest BCUT2D eigenvalue weighted by Gasteiger charge is -2.38.